The van der Waals surface area contributed by atoms with Crippen LogP contribution in [0.2, 0.25) is 0 Å². The van der Waals surface area contributed by atoms with Gasteiger partial charge in [0.15, 0.2) is 6.61 Å². The fourth-order valence-corrected chi connectivity index (χ4v) is 3.63. The van der Waals surface area contributed by atoms with E-state index in [0.29, 0.717) is 18.0 Å². The van der Waals surface area contributed by atoms with E-state index in [2.05, 4.69) is 0 Å². The van der Waals surface area contributed by atoms with Gasteiger partial charge in [0.2, 0.25) is 0 Å². The summed E-state index contributed by atoms with van der Waals surface area (Å²) >= 11 is 0. The summed E-state index contributed by atoms with van der Waals surface area (Å²) in [7, 11) is 4.79. The molecule has 0 spiro atoms. The maximum Gasteiger partial charge on any atom is 0.331 e. The lowest BCUT2D eigenvalue weighted by atomic mass is 10.0. The van der Waals surface area contributed by atoms with Crippen molar-refractivity contribution in [2.75, 3.05) is 34.5 Å². The van der Waals surface area contributed by atoms with Crippen molar-refractivity contribution < 1.29 is 28.5 Å². The number of carbonyl (C=O) groups is 2. The van der Waals surface area contributed by atoms with Gasteiger partial charge in [0.05, 0.1) is 27.4 Å². The minimum Gasteiger partial charge on any atom is -0.497 e. The first-order valence-corrected chi connectivity index (χ1v) is 10.1. The molecule has 2 aromatic rings. The van der Waals surface area contributed by atoms with E-state index in [4.69, 9.17) is 18.9 Å². The Morgan fingerprint density at radius 1 is 1.00 bits per heavy atom. The van der Waals surface area contributed by atoms with Crippen LogP contribution in [0.3, 0.4) is 0 Å². The molecule has 0 saturated carbocycles. The van der Waals surface area contributed by atoms with Crippen LogP contribution < -0.4 is 14.2 Å². The largest absolute Gasteiger partial charge is 0.497 e. The van der Waals surface area contributed by atoms with E-state index in [1.807, 2.05) is 30.3 Å². The molecule has 0 aromatic heterocycles. The zero-order chi connectivity index (χ0) is 22.2. The number of likely N-dealkylation sites (tertiary alicyclic amines) is 1. The molecule has 1 heterocycles. The van der Waals surface area contributed by atoms with E-state index in [1.165, 1.54) is 6.08 Å². The Labute approximate surface area is 182 Å². The van der Waals surface area contributed by atoms with Crippen LogP contribution in [0.4, 0.5) is 0 Å². The quantitative estimate of drug-likeness (QED) is 0.475. The Hall–Kier alpha value is -3.48. The Bertz CT molecular complexity index is 938. The zero-order valence-electron chi connectivity index (χ0n) is 18.0. The molecule has 7 nitrogen and oxygen atoms in total. The second-order valence-electron chi connectivity index (χ2n) is 7.07. The van der Waals surface area contributed by atoms with Crippen LogP contribution in [-0.4, -0.2) is 51.3 Å². The molecular formula is C24H27NO6. The van der Waals surface area contributed by atoms with Crippen LogP contribution in [0.15, 0.2) is 48.5 Å². The molecule has 1 amide bonds. The number of amides is 1. The van der Waals surface area contributed by atoms with Crippen LogP contribution in [-0.2, 0) is 14.3 Å². The number of ether oxygens (including phenoxy) is 4. The molecule has 7 heteroatoms. The van der Waals surface area contributed by atoms with Gasteiger partial charge >= 0.3 is 5.97 Å². The molecule has 1 aliphatic rings. The number of benzene rings is 2. The summed E-state index contributed by atoms with van der Waals surface area (Å²) in [6, 6.07) is 12.6. The van der Waals surface area contributed by atoms with Gasteiger partial charge in [-0.2, -0.15) is 0 Å². The molecular weight excluding hydrogens is 398 g/mol. The molecule has 0 unspecified atom stereocenters. The smallest absolute Gasteiger partial charge is 0.331 e. The van der Waals surface area contributed by atoms with Crippen molar-refractivity contribution in [3.63, 3.8) is 0 Å². The highest BCUT2D eigenvalue weighted by Crippen LogP contribution is 2.38. The third-order valence-electron chi connectivity index (χ3n) is 5.23. The molecule has 31 heavy (non-hydrogen) atoms. The Morgan fingerprint density at radius 3 is 2.39 bits per heavy atom. The Balaban J connectivity index is 1.60. The molecule has 1 fully saturated rings. The van der Waals surface area contributed by atoms with Gasteiger partial charge < -0.3 is 23.8 Å². The standard InChI is InChI=1S/C24H27NO6/c1-28-18-9-6-17(7-10-18)8-13-24(27)31-16-23(26)25-14-4-5-21(25)20-15-19(29-2)11-12-22(20)30-3/h6-13,15,21H,4-5,14,16H2,1-3H3/b13-8+/t21-/m1/s1. The van der Waals surface area contributed by atoms with Crippen LogP contribution in [0.25, 0.3) is 6.08 Å². The molecule has 2 aromatic carbocycles. The zero-order valence-corrected chi connectivity index (χ0v) is 18.0. The van der Waals surface area contributed by atoms with E-state index >= 15 is 0 Å². The van der Waals surface area contributed by atoms with Gasteiger partial charge in [-0.05, 0) is 54.8 Å². The average molecular weight is 425 g/mol. The van der Waals surface area contributed by atoms with Gasteiger partial charge in [-0.1, -0.05) is 12.1 Å². The number of nitrogens with zero attached hydrogens (tertiary/aromatic N) is 1. The van der Waals surface area contributed by atoms with Crippen molar-refractivity contribution in [1.29, 1.82) is 0 Å². The maximum atomic E-state index is 12.8. The molecule has 164 valence electrons. The number of esters is 1. The second-order valence-corrected chi connectivity index (χ2v) is 7.07. The highest BCUT2D eigenvalue weighted by atomic mass is 16.5. The van der Waals surface area contributed by atoms with E-state index in [-0.39, 0.29) is 18.6 Å². The number of rotatable bonds is 8. The summed E-state index contributed by atoms with van der Waals surface area (Å²) < 4.78 is 21.1. The molecule has 0 aliphatic carbocycles. The average Bonchev–Trinajstić information content (AvgIpc) is 3.31. The monoisotopic (exact) mass is 425 g/mol. The first kappa shape index (κ1) is 22.2. The van der Waals surface area contributed by atoms with Gasteiger partial charge in [0.25, 0.3) is 5.91 Å². The molecule has 0 radical (unpaired) electrons. The Kier molecular flexibility index (Phi) is 7.54. The minimum absolute atomic E-state index is 0.147. The molecule has 1 saturated heterocycles. The van der Waals surface area contributed by atoms with Crippen molar-refractivity contribution in [2.24, 2.45) is 0 Å². The third-order valence-corrected chi connectivity index (χ3v) is 5.23. The fraction of sp³-hybridized carbons (Fsp3) is 0.333. The van der Waals surface area contributed by atoms with Crippen molar-refractivity contribution in [2.45, 2.75) is 18.9 Å². The van der Waals surface area contributed by atoms with E-state index in [1.54, 1.807) is 44.4 Å². The lowest BCUT2D eigenvalue weighted by molar-refractivity contribution is -0.148. The highest BCUT2D eigenvalue weighted by molar-refractivity contribution is 5.89. The van der Waals surface area contributed by atoms with Crippen LogP contribution in [0, 0.1) is 0 Å². The predicted octanol–water partition coefficient (Wildman–Crippen LogP) is 3.63. The van der Waals surface area contributed by atoms with Gasteiger partial charge in [0, 0.05) is 18.2 Å². The Morgan fingerprint density at radius 2 is 1.71 bits per heavy atom. The van der Waals surface area contributed by atoms with E-state index < -0.39 is 5.97 Å². The van der Waals surface area contributed by atoms with Gasteiger partial charge in [-0.25, -0.2) is 4.79 Å². The number of methoxy groups -OCH3 is 3. The van der Waals surface area contributed by atoms with Crippen molar-refractivity contribution >= 4 is 18.0 Å². The number of hydrogen-bond acceptors (Lipinski definition) is 6. The van der Waals surface area contributed by atoms with Crippen LogP contribution in [0.5, 0.6) is 17.2 Å². The number of hydrogen-bond donors (Lipinski definition) is 0. The van der Waals surface area contributed by atoms with Gasteiger partial charge in [-0.15, -0.1) is 0 Å². The molecule has 1 aliphatic heterocycles. The topological polar surface area (TPSA) is 74.3 Å². The summed E-state index contributed by atoms with van der Waals surface area (Å²) in [5.74, 6) is 1.32. The lowest BCUT2D eigenvalue weighted by Crippen LogP contribution is -2.34. The summed E-state index contributed by atoms with van der Waals surface area (Å²) in [6.45, 7) is 0.289. The first-order valence-electron chi connectivity index (χ1n) is 10.1. The van der Waals surface area contributed by atoms with Crippen LogP contribution in [0.1, 0.15) is 30.0 Å². The summed E-state index contributed by atoms with van der Waals surface area (Å²) in [5, 5.41) is 0. The SMILES string of the molecule is COc1ccc(/C=C/C(=O)OCC(=O)N2CCC[C@@H]2c2cc(OC)ccc2OC)cc1. The third kappa shape index (κ3) is 5.57. The van der Waals surface area contributed by atoms with Crippen LogP contribution >= 0.6 is 0 Å². The van der Waals surface area contributed by atoms with Crippen molar-refractivity contribution in [3.8, 4) is 17.2 Å². The molecule has 1 atom stereocenters. The summed E-state index contributed by atoms with van der Waals surface area (Å²) in [6.07, 6.45) is 4.61. The lowest BCUT2D eigenvalue weighted by Gasteiger charge is -2.26. The first-order chi connectivity index (χ1) is 15.0. The van der Waals surface area contributed by atoms with Gasteiger partial charge in [0.1, 0.15) is 17.2 Å². The molecule has 3 rings (SSSR count). The van der Waals surface area contributed by atoms with Crippen molar-refractivity contribution in [1.82, 2.24) is 4.90 Å². The van der Waals surface area contributed by atoms with Crippen molar-refractivity contribution in [3.05, 3.63) is 59.7 Å². The normalized spacial score (nSPS) is 15.7. The summed E-state index contributed by atoms with van der Waals surface area (Å²) in [4.78, 5) is 26.6. The van der Waals surface area contributed by atoms with Gasteiger partial charge in [-0.3, -0.25) is 4.79 Å². The van der Waals surface area contributed by atoms with E-state index in [9.17, 15) is 9.59 Å². The highest BCUT2D eigenvalue weighted by Gasteiger charge is 2.32. The minimum atomic E-state index is -0.570. The maximum absolute atomic E-state index is 12.8. The van der Waals surface area contributed by atoms with E-state index in [0.717, 1.165) is 29.7 Å². The number of carbonyl (C=O) groups excluding carboxylic acids is 2. The molecule has 0 bridgehead atoms. The second kappa shape index (κ2) is 10.5. The fourth-order valence-electron chi connectivity index (χ4n) is 3.63. The predicted molar refractivity (Wildman–Crippen MR) is 116 cm³/mol. The summed E-state index contributed by atoms with van der Waals surface area (Å²) in [5.41, 5.74) is 1.72. The molecule has 0 N–H and O–H groups in total.